The van der Waals surface area contributed by atoms with Gasteiger partial charge >= 0.3 is 23.6 Å². The number of carbonyl (C=O) groups is 3. The van der Waals surface area contributed by atoms with Crippen molar-refractivity contribution in [1.82, 2.24) is 9.55 Å². The molecule has 2 heterocycles. The van der Waals surface area contributed by atoms with Crippen LogP contribution >= 0.6 is 0 Å². The number of aromatic amines is 1. The zero-order chi connectivity index (χ0) is 21.0. The summed E-state index contributed by atoms with van der Waals surface area (Å²) in [5.74, 6) is -2.09. The second-order valence-corrected chi connectivity index (χ2v) is 5.99. The van der Waals surface area contributed by atoms with Crippen LogP contribution in [0.3, 0.4) is 0 Å². The Balaban J connectivity index is 2.49. The molecule has 0 bridgehead atoms. The van der Waals surface area contributed by atoms with E-state index in [4.69, 9.17) is 18.9 Å². The van der Waals surface area contributed by atoms with Gasteiger partial charge in [0, 0.05) is 27.0 Å². The van der Waals surface area contributed by atoms with Crippen molar-refractivity contribution in [2.75, 3.05) is 6.61 Å². The van der Waals surface area contributed by atoms with E-state index in [1.165, 1.54) is 0 Å². The molecule has 4 unspecified atom stereocenters. The van der Waals surface area contributed by atoms with E-state index in [0.29, 0.717) is 0 Å². The quantitative estimate of drug-likeness (QED) is 0.418. The van der Waals surface area contributed by atoms with Crippen molar-refractivity contribution >= 4 is 17.9 Å². The van der Waals surface area contributed by atoms with Gasteiger partial charge in [-0.15, -0.1) is 0 Å². The highest BCUT2D eigenvalue weighted by Gasteiger charge is 2.51. The number of nitrogens with zero attached hydrogens (tertiary/aromatic N) is 1. The van der Waals surface area contributed by atoms with Gasteiger partial charge in [-0.25, -0.2) is 4.79 Å². The number of hydrogen-bond acceptors (Lipinski definition) is 10. The topological polar surface area (TPSA) is 163 Å². The normalized spacial score (nSPS) is 23.9. The summed E-state index contributed by atoms with van der Waals surface area (Å²) < 4.78 is 21.8. The molecule has 1 aromatic heterocycles. The number of H-pyrrole nitrogens is 1. The smallest absolute Gasteiger partial charge is 0.330 e. The van der Waals surface area contributed by atoms with Gasteiger partial charge in [-0.1, -0.05) is 0 Å². The van der Waals surface area contributed by atoms with Crippen LogP contribution in [0.5, 0.6) is 0 Å². The molecule has 0 aromatic carbocycles. The highest BCUT2D eigenvalue weighted by atomic mass is 16.7. The fourth-order valence-corrected chi connectivity index (χ4v) is 2.75. The van der Waals surface area contributed by atoms with Crippen LogP contribution in [0.2, 0.25) is 0 Å². The minimum atomic E-state index is -1.32. The molecule has 154 valence electrons. The van der Waals surface area contributed by atoms with Gasteiger partial charge in [-0.05, 0) is 0 Å². The molecule has 28 heavy (non-hydrogen) atoms. The number of rotatable bonds is 6. The highest BCUT2D eigenvalue weighted by Crippen LogP contribution is 2.33. The van der Waals surface area contributed by atoms with Crippen LogP contribution in [0.1, 0.15) is 32.6 Å². The molecule has 1 aliphatic rings. The Labute approximate surface area is 158 Å². The molecular weight excluding hydrogens is 380 g/mol. The van der Waals surface area contributed by atoms with Crippen LogP contribution < -0.4 is 11.2 Å². The number of aliphatic hydroxyl groups excluding tert-OH is 1. The van der Waals surface area contributed by atoms with Crippen LogP contribution in [0.25, 0.3) is 0 Å². The van der Waals surface area contributed by atoms with Gasteiger partial charge in [-0.3, -0.25) is 28.7 Å². The molecule has 1 saturated heterocycles. The van der Waals surface area contributed by atoms with Crippen molar-refractivity contribution in [3.63, 3.8) is 0 Å². The van der Waals surface area contributed by atoms with E-state index >= 15 is 0 Å². The van der Waals surface area contributed by atoms with Gasteiger partial charge < -0.3 is 24.1 Å². The summed E-state index contributed by atoms with van der Waals surface area (Å²) in [6.07, 6.45) is -3.80. The summed E-state index contributed by atoms with van der Waals surface area (Å²) in [7, 11) is 0. The molecule has 12 heteroatoms. The Hall–Kier alpha value is -2.99. The Morgan fingerprint density at radius 1 is 1.11 bits per heavy atom. The van der Waals surface area contributed by atoms with Crippen molar-refractivity contribution in [3.05, 3.63) is 32.6 Å². The van der Waals surface area contributed by atoms with Crippen LogP contribution in [-0.4, -0.2) is 57.5 Å². The maximum Gasteiger partial charge on any atom is 0.330 e. The lowest BCUT2D eigenvalue weighted by atomic mass is 10.1. The summed E-state index contributed by atoms with van der Waals surface area (Å²) in [5, 5.41) is 9.27. The fraction of sp³-hybridized carbons (Fsp3) is 0.562. The predicted molar refractivity (Wildman–Crippen MR) is 88.9 cm³/mol. The number of nitrogens with one attached hydrogen (secondary N) is 1. The number of ether oxygens (including phenoxy) is 4. The molecule has 2 rings (SSSR count). The molecule has 2 N–H and O–H groups in total. The Morgan fingerprint density at radius 3 is 2.25 bits per heavy atom. The first-order chi connectivity index (χ1) is 13.1. The molecule has 0 saturated carbocycles. The lowest BCUT2D eigenvalue weighted by Gasteiger charge is -2.24. The largest absolute Gasteiger partial charge is 0.463 e. The number of aliphatic hydroxyl groups is 1. The summed E-state index contributed by atoms with van der Waals surface area (Å²) >= 11 is 0. The van der Waals surface area contributed by atoms with Gasteiger partial charge in [0.2, 0.25) is 0 Å². The number of carbonyl (C=O) groups excluding carboxylic acids is 3. The monoisotopic (exact) mass is 400 g/mol. The van der Waals surface area contributed by atoms with Crippen LogP contribution in [0.15, 0.2) is 15.8 Å². The fourth-order valence-electron chi connectivity index (χ4n) is 2.75. The van der Waals surface area contributed by atoms with Crippen molar-refractivity contribution in [2.45, 2.75) is 51.9 Å². The van der Waals surface area contributed by atoms with E-state index in [-0.39, 0.29) is 12.2 Å². The van der Waals surface area contributed by atoms with Gasteiger partial charge in [-0.2, -0.15) is 0 Å². The van der Waals surface area contributed by atoms with E-state index in [1.54, 1.807) is 0 Å². The summed E-state index contributed by atoms with van der Waals surface area (Å²) in [6, 6.07) is 0. The zero-order valence-electron chi connectivity index (χ0n) is 15.4. The maximum atomic E-state index is 12.2. The molecule has 1 aliphatic heterocycles. The van der Waals surface area contributed by atoms with Gasteiger partial charge in [0.1, 0.15) is 12.7 Å². The molecule has 1 fully saturated rings. The first-order valence-corrected chi connectivity index (χ1v) is 8.22. The molecule has 4 atom stereocenters. The number of aromatic nitrogens is 2. The molecule has 12 nitrogen and oxygen atoms in total. The maximum absolute atomic E-state index is 12.2. The highest BCUT2D eigenvalue weighted by molar-refractivity contribution is 5.68. The van der Waals surface area contributed by atoms with Crippen LogP contribution in [0.4, 0.5) is 0 Å². The molecule has 0 amide bonds. The minimum absolute atomic E-state index is 0.141. The van der Waals surface area contributed by atoms with Crippen molar-refractivity contribution < 1.29 is 38.4 Å². The second-order valence-electron chi connectivity index (χ2n) is 5.99. The molecular formula is C16H20N2O10. The molecule has 1 aromatic rings. The first kappa shape index (κ1) is 21.3. The van der Waals surface area contributed by atoms with Gasteiger partial charge in [0.25, 0.3) is 5.56 Å². The molecule has 0 spiro atoms. The first-order valence-electron chi connectivity index (χ1n) is 8.22. The lowest BCUT2D eigenvalue weighted by molar-refractivity contribution is -0.166. The van der Waals surface area contributed by atoms with Crippen LogP contribution in [0, 0.1) is 0 Å². The van der Waals surface area contributed by atoms with E-state index < -0.39 is 60.3 Å². The Morgan fingerprint density at radius 2 is 1.71 bits per heavy atom. The Bertz CT molecular complexity index is 873. The van der Waals surface area contributed by atoms with E-state index in [9.17, 15) is 29.1 Å². The SMILES string of the molecule is CC(=O)OCC1OC(n2cc(CO)c(=O)[nH]c2=O)C(OC(C)=O)C1OC(C)=O. The van der Waals surface area contributed by atoms with Gasteiger partial charge in [0.15, 0.2) is 18.4 Å². The van der Waals surface area contributed by atoms with Crippen molar-refractivity contribution in [2.24, 2.45) is 0 Å². The molecule has 0 radical (unpaired) electrons. The average Bonchev–Trinajstić information content (AvgIpc) is 2.89. The minimum Gasteiger partial charge on any atom is -0.463 e. The number of esters is 3. The Kier molecular flexibility index (Phi) is 6.70. The second kappa shape index (κ2) is 8.80. The lowest BCUT2D eigenvalue weighted by Crippen LogP contribution is -2.42. The van der Waals surface area contributed by atoms with Crippen LogP contribution in [-0.2, 0) is 39.9 Å². The summed E-state index contributed by atoms with van der Waals surface area (Å²) in [5.41, 5.74) is -1.84. The molecule has 0 aliphatic carbocycles. The summed E-state index contributed by atoms with van der Waals surface area (Å²) in [4.78, 5) is 60.1. The third kappa shape index (κ3) is 4.84. The average molecular weight is 400 g/mol. The van der Waals surface area contributed by atoms with Gasteiger partial charge in [0.05, 0.1) is 12.2 Å². The standard InChI is InChI=1S/C16H20N2O10/c1-7(20)25-6-11-12(26-8(2)21)13(27-9(3)22)15(28-11)18-4-10(5-19)14(23)17-16(18)24/h4,11-13,15,19H,5-6H2,1-3H3,(H,17,23,24). The zero-order valence-corrected chi connectivity index (χ0v) is 15.4. The van der Waals surface area contributed by atoms with E-state index in [1.807, 2.05) is 4.98 Å². The number of hydrogen-bond donors (Lipinski definition) is 2. The summed E-state index contributed by atoms with van der Waals surface area (Å²) in [6.45, 7) is 2.39. The van der Waals surface area contributed by atoms with Crippen molar-refractivity contribution in [3.8, 4) is 0 Å². The predicted octanol–water partition coefficient (Wildman–Crippen LogP) is -1.65. The van der Waals surface area contributed by atoms with E-state index in [2.05, 4.69) is 0 Å². The third-order valence-corrected chi connectivity index (χ3v) is 3.83. The third-order valence-electron chi connectivity index (χ3n) is 3.83. The van der Waals surface area contributed by atoms with Crippen molar-refractivity contribution in [1.29, 1.82) is 0 Å². The van der Waals surface area contributed by atoms with E-state index in [0.717, 1.165) is 31.5 Å².